The molecule has 0 aliphatic carbocycles. The Morgan fingerprint density at radius 2 is 2.06 bits per heavy atom. The van der Waals surface area contributed by atoms with E-state index < -0.39 is 11.8 Å². The van der Waals surface area contributed by atoms with Gasteiger partial charge in [0.1, 0.15) is 18.2 Å². The molecule has 0 amide bonds. The van der Waals surface area contributed by atoms with Gasteiger partial charge in [0.05, 0.1) is 19.3 Å². The van der Waals surface area contributed by atoms with Crippen LogP contribution in [0.1, 0.15) is 10.4 Å². The van der Waals surface area contributed by atoms with Gasteiger partial charge in [0, 0.05) is 13.2 Å². The van der Waals surface area contributed by atoms with Gasteiger partial charge in [0.2, 0.25) is 0 Å². The van der Waals surface area contributed by atoms with E-state index in [4.69, 9.17) is 14.2 Å². The fourth-order valence-electron chi connectivity index (χ4n) is 1.08. The second-order valence-corrected chi connectivity index (χ2v) is 2.97. The van der Waals surface area contributed by atoms with E-state index in [1.807, 2.05) is 0 Å². The van der Waals surface area contributed by atoms with Crippen LogP contribution in [-0.2, 0) is 9.47 Å². The average Bonchev–Trinajstić information content (AvgIpc) is 2.29. The smallest absolute Gasteiger partial charge is 0.341 e. The van der Waals surface area contributed by atoms with Gasteiger partial charge in [0.15, 0.2) is 0 Å². The quantitative estimate of drug-likeness (QED) is 0.567. The lowest BCUT2D eigenvalue weighted by atomic mass is 10.2. The van der Waals surface area contributed by atoms with E-state index in [0.29, 0.717) is 5.75 Å². The van der Waals surface area contributed by atoms with Crippen molar-refractivity contribution < 1.29 is 23.4 Å². The maximum atomic E-state index is 13.4. The second-order valence-electron chi connectivity index (χ2n) is 2.97. The van der Waals surface area contributed by atoms with E-state index in [1.54, 1.807) is 0 Å². The van der Waals surface area contributed by atoms with Crippen LogP contribution in [0.4, 0.5) is 4.39 Å². The van der Waals surface area contributed by atoms with Gasteiger partial charge in [0.25, 0.3) is 0 Å². The van der Waals surface area contributed by atoms with E-state index in [1.165, 1.54) is 26.4 Å². The first-order chi connectivity index (χ1) is 7.69. The molecule has 0 spiro atoms. The number of carbonyl (C=O) groups excluding carboxylic acids is 1. The molecule has 0 radical (unpaired) electrons. The SMILES string of the molecule is COCCOC(=O)c1ccc(OC)cc1F. The van der Waals surface area contributed by atoms with Crippen molar-refractivity contribution in [1.29, 1.82) is 0 Å². The summed E-state index contributed by atoms with van der Waals surface area (Å²) in [5, 5.41) is 0. The first-order valence-corrected chi connectivity index (χ1v) is 4.68. The minimum absolute atomic E-state index is 0.0980. The summed E-state index contributed by atoms with van der Waals surface area (Å²) in [6.07, 6.45) is 0. The normalized spacial score (nSPS) is 9.94. The average molecular weight is 228 g/mol. The summed E-state index contributed by atoms with van der Waals surface area (Å²) in [6, 6.07) is 3.95. The number of benzene rings is 1. The number of methoxy groups -OCH3 is 2. The fourth-order valence-corrected chi connectivity index (χ4v) is 1.08. The third-order valence-electron chi connectivity index (χ3n) is 1.92. The number of hydrogen-bond donors (Lipinski definition) is 0. The molecule has 0 fully saturated rings. The molecular formula is C11H13FO4. The number of ether oxygens (including phenoxy) is 3. The van der Waals surface area contributed by atoms with Gasteiger partial charge in [-0.05, 0) is 12.1 Å². The molecule has 0 bridgehead atoms. The van der Waals surface area contributed by atoms with Crippen LogP contribution < -0.4 is 4.74 Å². The van der Waals surface area contributed by atoms with Crippen molar-refractivity contribution in [3.05, 3.63) is 29.6 Å². The summed E-state index contributed by atoms with van der Waals surface area (Å²) >= 11 is 0. The van der Waals surface area contributed by atoms with E-state index >= 15 is 0 Å². The van der Waals surface area contributed by atoms with Gasteiger partial charge in [-0.1, -0.05) is 0 Å². The summed E-state index contributed by atoms with van der Waals surface area (Å²) in [5.74, 6) is -1.02. The predicted molar refractivity (Wildman–Crippen MR) is 55.1 cm³/mol. The molecule has 5 heteroatoms. The summed E-state index contributed by atoms with van der Waals surface area (Å²) in [4.78, 5) is 11.4. The van der Waals surface area contributed by atoms with Crippen molar-refractivity contribution in [2.45, 2.75) is 0 Å². The zero-order valence-electron chi connectivity index (χ0n) is 9.16. The van der Waals surface area contributed by atoms with Crippen LogP contribution in [0.2, 0.25) is 0 Å². The minimum atomic E-state index is -0.711. The zero-order chi connectivity index (χ0) is 12.0. The highest BCUT2D eigenvalue weighted by Gasteiger charge is 2.13. The van der Waals surface area contributed by atoms with Crippen molar-refractivity contribution in [3.8, 4) is 5.75 Å². The Balaban J connectivity index is 2.68. The summed E-state index contributed by atoms with van der Waals surface area (Å²) in [6.45, 7) is 0.379. The molecule has 1 aromatic rings. The van der Waals surface area contributed by atoms with Gasteiger partial charge in [-0.2, -0.15) is 0 Å². The first-order valence-electron chi connectivity index (χ1n) is 4.68. The zero-order valence-corrected chi connectivity index (χ0v) is 9.16. The summed E-state index contributed by atoms with van der Waals surface area (Å²) in [5.41, 5.74) is -0.114. The van der Waals surface area contributed by atoms with Crippen molar-refractivity contribution in [1.82, 2.24) is 0 Å². The van der Waals surface area contributed by atoms with E-state index in [-0.39, 0.29) is 18.8 Å². The molecule has 0 aromatic heterocycles. The fraction of sp³-hybridized carbons (Fsp3) is 0.364. The van der Waals surface area contributed by atoms with Gasteiger partial charge in [-0.3, -0.25) is 0 Å². The maximum absolute atomic E-state index is 13.4. The largest absolute Gasteiger partial charge is 0.497 e. The highest BCUT2D eigenvalue weighted by molar-refractivity contribution is 5.89. The molecule has 4 nitrogen and oxygen atoms in total. The maximum Gasteiger partial charge on any atom is 0.341 e. The van der Waals surface area contributed by atoms with Crippen LogP contribution in [-0.4, -0.2) is 33.4 Å². The molecule has 88 valence electrons. The van der Waals surface area contributed by atoms with E-state index in [2.05, 4.69) is 0 Å². The van der Waals surface area contributed by atoms with Gasteiger partial charge in [-0.15, -0.1) is 0 Å². The van der Waals surface area contributed by atoms with Crippen LogP contribution in [0.3, 0.4) is 0 Å². The Morgan fingerprint density at radius 1 is 1.31 bits per heavy atom. The molecule has 0 aliphatic rings. The van der Waals surface area contributed by atoms with Crippen molar-refractivity contribution in [2.75, 3.05) is 27.4 Å². The summed E-state index contributed by atoms with van der Waals surface area (Å²) < 4.78 is 27.7. The molecule has 0 saturated heterocycles. The Morgan fingerprint density at radius 3 is 2.62 bits per heavy atom. The molecule has 0 aliphatic heterocycles. The number of hydrogen-bond acceptors (Lipinski definition) is 4. The molecule has 0 heterocycles. The van der Waals surface area contributed by atoms with E-state index in [0.717, 1.165) is 6.07 Å². The number of esters is 1. The highest BCUT2D eigenvalue weighted by atomic mass is 19.1. The standard InChI is InChI=1S/C11H13FO4/c1-14-5-6-16-11(13)9-4-3-8(15-2)7-10(9)12/h3-4,7H,5-6H2,1-2H3. The monoisotopic (exact) mass is 228 g/mol. The van der Waals surface area contributed by atoms with Crippen LogP contribution in [0.15, 0.2) is 18.2 Å². The van der Waals surface area contributed by atoms with Crippen LogP contribution in [0.25, 0.3) is 0 Å². The Labute approximate surface area is 92.9 Å². The molecule has 0 atom stereocenters. The van der Waals surface area contributed by atoms with Crippen molar-refractivity contribution >= 4 is 5.97 Å². The lowest BCUT2D eigenvalue weighted by Gasteiger charge is -2.06. The Bertz CT molecular complexity index is 365. The number of rotatable bonds is 5. The minimum Gasteiger partial charge on any atom is -0.497 e. The predicted octanol–water partition coefficient (Wildman–Crippen LogP) is 1.64. The second kappa shape index (κ2) is 6.07. The van der Waals surface area contributed by atoms with Crippen LogP contribution >= 0.6 is 0 Å². The molecule has 16 heavy (non-hydrogen) atoms. The Hall–Kier alpha value is -1.62. The molecule has 0 unspecified atom stereocenters. The number of carbonyl (C=O) groups is 1. The molecule has 1 rings (SSSR count). The lowest BCUT2D eigenvalue weighted by molar-refractivity contribution is 0.0383. The first kappa shape index (κ1) is 12.4. The lowest BCUT2D eigenvalue weighted by Crippen LogP contribution is -2.11. The molecule has 0 saturated carbocycles. The van der Waals surface area contributed by atoms with Gasteiger partial charge < -0.3 is 14.2 Å². The summed E-state index contributed by atoms with van der Waals surface area (Å²) in [7, 11) is 2.91. The molecule has 1 aromatic carbocycles. The highest BCUT2D eigenvalue weighted by Crippen LogP contribution is 2.16. The number of halogens is 1. The van der Waals surface area contributed by atoms with Gasteiger partial charge >= 0.3 is 5.97 Å². The topological polar surface area (TPSA) is 44.8 Å². The van der Waals surface area contributed by atoms with E-state index in [9.17, 15) is 9.18 Å². The molecule has 0 N–H and O–H groups in total. The third kappa shape index (κ3) is 3.20. The van der Waals surface area contributed by atoms with Gasteiger partial charge in [-0.25, -0.2) is 9.18 Å². The van der Waals surface area contributed by atoms with Crippen LogP contribution in [0.5, 0.6) is 5.75 Å². The van der Waals surface area contributed by atoms with Crippen molar-refractivity contribution in [3.63, 3.8) is 0 Å². The Kier molecular flexibility index (Phi) is 4.72. The molecular weight excluding hydrogens is 215 g/mol. The van der Waals surface area contributed by atoms with Crippen molar-refractivity contribution in [2.24, 2.45) is 0 Å². The van der Waals surface area contributed by atoms with Crippen LogP contribution in [0, 0.1) is 5.82 Å². The third-order valence-corrected chi connectivity index (χ3v) is 1.92.